The van der Waals surface area contributed by atoms with Gasteiger partial charge in [-0.15, -0.1) is 0 Å². The predicted molar refractivity (Wildman–Crippen MR) is 83.0 cm³/mol. The number of hydrogen-bond acceptors (Lipinski definition) is 5. The molecule has 5 nitrogen and oxygen atoms in total. The molecular weight excluding hydrogens is 268 g/mol. The zero-order valence-electron chi connectivity index (χ0n) is 12.8. The van der Waals surface area contributed by atoms with Crippen molar-refractivity contribution in [3.05, 3.63) is 23.8 Å². The Bertz CT molecular complexity index is 420. The molecule has 2 rings (SSSR count). The quantitative estimate of drug-likeness (QED) is 0.671. The van der Waals surface area contributed by atoms with E-state index in [0.717, 1.165) is 23.6 Å². The molecule has 1 aliphatic heterocycles. The Hall–Kier alpha value is -1.30. The van der Waals surface area contributed by atoms with E-state index in [1.165, 1.54) is 25.9 Å². The molecule has 1 aromatic carbocycles. The van der Waals surface area contributed by atoms with E-state index in [-0.39, 0.29) is 6.61 Å². The van der Waals surface area contributed by atoms with Crippen molar-refractivity contribution in [1.29, 1.82) is 0 Å². The van der Waals surface area contributed by atoms with E-state index < -0.39 is 0 Å². The summed E-state index contributed by atoms with van der Waals surface area (Å²) < 4.78 is 11.4. The summed E-state index contributed by atoms with van der Waals surface area (Å²) in [6.45, 7) is 5.37. The normalized spacial score (nSPS) is 15.3. The van der Waals surface area contributed by atoms with Crippen LogP contribution in [0.4, 0.5) is 0 Å². The molecule has 1 aromatic rings. The number of hydrogen-bond donors (Lipinski definition) is 2. The molecule has 0 radical (unpaired) electrons. The highest BCUT2D eigenvalue weighted by molar-refractivity contribution is 5.46. The third-order valence-electron chi connectivity index (χ3n) is 3.74. The topological polar surface area (TPSA) is 54.0 Å². The fourth-order valence-electron chi connectivity index (χ4n) is 2.61. The van der Waals surface area contributed by atoms with Gasteiger partial charge in [-0.25, -0.2) is 0 Å². The maximum absolute atomic E-state index is 8.85. The highest BCUT2D eigenvalue weighted by atomic mass is 16.5. The van der Waals surface area contributed by atoms with Crippen LogP contribution in [-0.2, 0) is 6.54 Å². The van der Waals surface area contributed by atoms with Crippen molar-refractivity contribution in [2.75, 3.05) is 46.5 Å². The molecule has 1 saturated heterocycles. The van der Waals surface area contributed by atoms with E-state index in [2.05, 4.69) is 10.2 Å². The number of methoxy groups -OCH3 is 1. The Kier molecular flexibility index (Phi) is 6.79. The predicted octanol–water partition coefficient (Wildman–Crippen LogP) is 1.25. The molecule has 118 valence electrons. The molecule has 0 amide bonds. The van der Waals surface area contributed by atoms with Crippen LogP contribution in [0, 0.1) is 0 Å². The van der Waals surface area contributed by atoms with Gasteiger partial charge < -0.3 is 19.9 Å². The van der Waals surface area contributed by atoms with Crippen LogP contribution in [0.1, 0.15) is 18.4 Å². The number of ether oxygens (including phenoxy) is 2. The first-order valence-electron chi connectivity index (χ1n) is 7.67. The van der Waals surface area contributed by atoms with Crippen LogP contribution in [0.3, 0.4) is 0 Å². The van der Waals surface area contributed by atoms with Crippen molar-refractivity contribution in [1.82, 2.24) is 10.2 Å². The summed E-state index contributed by atoms with van der Waals surface area (Å²) in [5, 5.41) is 12.0. The lowest BCUT2D eigenvalue weighted by atomic mass is 10.2. The van der Waals surface area contributed by atoms with Gasteiger partial charge in [0.05, 0.1) is 13.7 Å². The van der Waals surface area contributed by atoms with Gasteiger partial charge in [-0.1, -0.05) is 12.1 Å². The average molecular weight is 294 g/mol. The lowest BCUT2D eigenvalue weighted by Gasteiger charge is -2.18. The molecule has 0 aliphatic carbocycles. The minimum Gasteiger partial charge on any atom is -0.493 e. The summed E-state index contributed by atoms with van der Waals surface area (Å²) in [6, 6.07) is 5.90. The van der Waals surface area contributed by atoms with Crippen LogP contribution >= 0.6 is 0 Å². The van der Waals surface area contributed by atoms with Crippen LogP contribution < -0.4 is 14.8 Å². The van der Waals surface area contributed by atoms with Gasteiger partial charge >= 0.3 is 0 Å². The standard InChI is InChI=1S/C16H26N2O3/c1-20-15-6-4-5-14(13-17-7-11-19)16(15)21-12-10-18-8-2-3-9-18/h4-6,17,19H,2-3,7-13H2,1H3. The van der Waals surface area contributed by atoms with Crippen molar-refractivity contribution in [2.45, 2.75) is 19.4 Å². The van der Waals surface area contributed by atoms with Gasteiger partial charge in [0, 0.05) is 25.2 Å². The van der Waals surface area contributed by atoms with E-state index in [0.29, 0.717) is 19.7 Å². The highest BCUT2D eigenvalue weighted by Gasteiger charge is 2.13. The van der Waals surface area contributed by atoms with Crippen molar-refractivity contribution < 1.29 is 14.6 Å². The van der Waals surface area contributed by atoms with Gasteiger partial charge in [-0.05, 0) is 32.0 Å². The Balaban J connectivity index is 1.93. The second kappa shape index (κ2) is 8.87. The van der Waals surface area contributed by atoms with Gasteiger partial charge in [0.1, 0.15) is 6.61 Å². The van der Waals surface area contributed by atoms with E-state index in [1.807, 2.05) is 18.2 Å². The Morgan fingerprint density at radius 3 is 2.81 bits per heavy atom. The third-order valence-corrected chi connectivity index (χ3v) is 3.74. The molecule has 0 bridgehead atoms. The van der Waals surface area contributed by atoms with Crippen molar-refractivity contribution in [2.24, 2.45) is 0 Å². The van der Waals surface area contributed by atoms with Crippen LogP contribution in [0.5, 0.6) is 11.5 Å². The molecule has 0 spiro atoms. The highest BCUT2D eigenvalue weighted by Crippen LogP contribution is 2.31. The molecule has 1 aliphatic rings. The number of para-hydroxylation sites is 1. The molecule has 1 fully saturated rings. The molecule has 0 saturated carbocycles. The lowest BCUT2D eigenvalue weighted by molar-refractivity contribution is 0.228. The number of nitrogens with one attached hydrogen (secondary N) is 1. The molecule has 5 heteroatoms. The zero-order chi connectivity index (χ0) is 14.9. The molecule has 0 unspecified atom stereocenters. The molecule has 21 heavy (non-hydrogen) atoms. The smallest absolute Gasteiger partial charge is 0.165 e. The fourth-order valence-corrected chi connectivity index (χ4v) is 2.61. The zero-order valence-corrected chi connectivity index (χ0v) is 12.8. The van der Waals surface area contributed by atoms with Gasteiger partial charge in [0.25, 0.3) is 0 Å². The summed E-state index contributed by atoms with van der Waals surface area (Å²) in [6.07, 6.45) is 2.59. The first-order chi connectivity index (χ1) is 10.3. The Morgan fingerprint density at radius 2 is 2.10 bits per heavy atom. The number of likely N-dealkylation sites (tertiary alicyclic amines) is 1. The fraction of sp³-hybridized carbons (Fsp3) is 0.625. The van der Waals surface area contributed by atoms with E-state index >= 15 is 0 Å². The van der Waals surface area contributed by atoms with Crippen molar-refractivity contribution >= 4 is 0 Å². The minimum atomic E-state index is 0.134. The van der Waals surface area contributed by atoms with Gasteiger partial charge in [-0.2, -0.15) is 0 Å². The number of rotatable bonds is 9. The largest absolute Gasteiger partial charge is 0.493 e. The van der Waals surface area contributed by atoms with Crippen LogP contribution in [0.25, 0.3) is 0 Å². The van der Waals surface area contributed by atoms with E-state index in [9.17, 15) is 0 Å². The van der Waals surface area contributed by atoms with Crippen LogP contribution in [0.15, 0.2) is 18.2 Å². The summed E-state index contributed by atoms with van der Waals surface area (Å²) >= 11 is 0. The molecular formula is C16H26N2O3. The second-order valence-electron chi connectivity index (χ2n) is 5.25. The first-order valence-corrected chi connectivity index (χ1v) is 7.67. The minimum absolute atomic E-state index is 0.134. The summed E-state index contributed by atoms with van der Waals surface area (Å²) in [5.74, 6) is 1.57. The maximum atomic E-state index is 8.85. The van der Waals surface area contributed by atoms with Gasteiger partial charge in [-0.3, -0.25) is 4.90 Å². The average Bonchev–Trinajstić information content (AvgIpc) is 3.02. The van der Waals surface area contributed by atoms with Crippen LogP contribution in [-0.4, -0.2) is 56.5 Å². The SMILES string of the molecule is COc1cccc(CNCCO)c1OCCN1CCCC1. The van der Waals surface area contributed by atoms with Crippen molar-refractivity contribution in [3.63, 3.8) is 0 Å². The van der Waals surface area contributed by atoms with Crippen molar-refractivity contribution in [3.8, 4) is 11.5 Å². The number of benzene rings is 1. The first kappa shape index (κ1) is 16.1. The number of aliphatic hydroxyl groups excluding tert-OH is 1. The van der Waals surface area contributed by atoms with E-state index in [4.69, 9.17) is 14.6 Å². The third kappa shape index (κ3) is 4.88. The number of nitrogens with zero attached hydrogens (tertiary/aromatic N) is 1. The molecule has 0 atom stereocenters. The number of aliphatic hydroxyl groups is 1. The van der Waals surface area contributed by atoms with Gasteiger partial charge in [0.2, 0.25) is 0 Å². The molecule has 0 aromatic heterocycles. The summed E-state index contributed by atoms with van der Waals surface area (Å²) in [4.78, 5) is 2.43. The Morgan fingerprint density at radius 1 is 1.29 bits per heavy atom. The maximum Gasteiger partial charge on any atom is 0.165 e. The molecule has 1 heterocycles. The second-order valence-corrected chi connectivity index (χ2v) is 5.25. The van der Waals surface area contributed by atoms with Crippen LogP contribution in [0.2, 0.25) is 0 Å². The summed E-state index contributed by atoms with van der Waals surface area (Å²) in [5.41, 5.74) is 1.06. The monoisotopic (exact) mass is 294 g/mol. The lowest BCUT2D eigenvalue weighted by Crippen LogP contribution is -2.25. The van der Waals surface area contributed by atoms with E-state index in [1.54, 1.807) is 7.11 Å². The summed E-state index contributed by atoms with van der Waals surface area (Å²) in [7, 11) is 1.66. The Labute approximate surface area is 126 Å². The molecule has 2 N–H and O–H groups in total. The van der Waals surface area contributed by atoms with Gasteiger partial charge in [0.15, 0.2) is 11.5 Å².